The number of rotatable bonds is 7. The van der Waals surface area contributed by atoms with Gasteiger partial charge in [0.1, 0.15) is 5.75 Å². The van der Waals surface area contributed by atoms with E-state index in [1.807, 2.05) is 24.3 Å². The smallest absolute Gasteiger partial charge is 0.270 e. The summed E-state index contributed by atoms with van der Waals surface area (Å²) >= 11 is 0. The number of nitro benzene ring substituents is 1. The average Bonchev–Trinajstić information content (AvgIpc) is 2.59. The molecule has 0 aromatic heterocycles. The van der Waals surface area contributed by atoms with Gasteiger partial charge >= 0.3 is 0 Å². The lowest BCUT2D eigenvalue weighted by molar-refractivity contribution is -0.384. The number of methoxy groups -OCH3 is 1. The molecule has 1 N–H and O–H groups in total. The Kier molecular flexibility index (Phi) is 5.68. The quantitative estimate of drug-likeness (QED) is 0.484. The fourth-order valence-electron chi connectivity index (χ4n) is 2.25. The molecule has 0 aliphatic carbocycles. The summed E-state index contributed by atoms with van der Waals surface area (Å²) < 4.78 is 5.28. The maximum absolute atomic E-state index is 12.0. The van der Waals surface area contributed by atoms with Crippen molar-refractivity contribution in [3.63, 3.8) is 0 Å². The van der Waals surface area contributed by atoms with Crippen LogP contribution in [0.1, 0.15) is 22.3 Å². The first-order valence-electron chi connectivity index (χ1n) is 7.26. The molecule has 0 heterocycles. The lowest BCUT2D eigenvalue weighted by Crippen LogP contribution is -2.24. The SMILES string of the molecule is COc1ccccc1CCCNC(=O)c1cccc([N+](=O)[O-])c1. The van der Waals surface area contributed by atoms with E-state index in [1.54, 1.807) is 13.2 Å². The third-order valence-corrected chi connectivity index (χ3v) is 3.42. The second-order valence-electron chi connectivity index (χ2n) is 4.98. The third-order valence-electron chi connectivity index (χ3n) is 3.42. The molecule has 0 aliphatic heterocycles. The minimum absolute atomic E-state index is 0.0910. The van der Waals surface area contributed by atoms with Crippen molar-refractivity contribution in [2.45, 2.75) is 12.8 Å². The summed E-state index contributed by atoms with van der Waals surface area (Å²) in [5, 5.41) is 13.5. The summed E-state index contributed by atoms with van der Waals surface area (Å²) in [6.07, 6.45) is 1.53. The van der Waals surface area contributed by atoms with Crippen LogP contribution in [0.2, 0.25) is 0 Å². The second kappa shape index (κ2) is 7.93. The monoisotopic (exact) mass is 314 g/mol. The zero-order valence-electron chi connectivity index (χ0n) is 12.8. The number of nitro groups is 1. The van der Waals surface area contributed by atoms with Crippen LogP contribution in [-0.2, 0) is 6.42 Å². The van der Waals surface area contributed by atoms with Crippen LogP contribution in [0.3, 0.4) is 0 Å². The fraction of sp³-hybridized carbons (Fsp3) is 0.235. The molecule has 0 bridgehead atoms. The number of para-hydroxylation sites is 1. The zero-order chi connectivity index (χ0) is 16.7. The normalized spacial score (nSPS) is 10.1. The van der Waals surface area contributed by atoms with Crippen LogP contribution in [0.15, 0.2) is 48.5 Å². The molecule has 2 rings (SSSR count). The van der Waals surface area contributed by atoms with E-state index >= 15 is 0 Å². The highest BCUT2D eigenvalue weighted by Gasteiger charge is 2.11. The van der Waals surface area contributed by atoms with Gasteiger partial charge in [0.2, 0.25) is 0 Å². The fourth-order valence-corrected chi connectivity index (χ4v) is 2.25. The van der Waals surface area contributed by atoms with E-state index in [0.717, 1.165) is 24.2 Å². The number of ether oxygens (including phenoxy) is 1. The van der Waals surface area contributed by atoms with Gasteiger partial charge in [-0.1, -0.05) is 24.3 Å². The molecule has 0 saturated carbocycles. The first-order chi connectivity index (χ1) is 11.1. The third kappa shape index (κ3) is 4.54. The minimum atomic E-state index is -0.515. The van der Waals surface area contributed by atoms with Crippen LogP contribution in [0.25, 0.3) is 0 Å². The molecule has 2 aromatic rings. The van der Waals surface area contributed by atoms with Gasteiger partial charge in [0.25, 0.3) is 11.6 Å². The second-order valence-corrected chi connectivity index (χ2v) is 4.98. The maximum atomic E-state index is 12.0. The minimum Gasteiger partial charge on any atom is -0.496 e. The molecule has 1 amide bonds. The van der Waals surface area contributed by atoms with E-state index in [2.05, 4.69) is 5.32 Å². The highest BCUT2D eigenvalue weighted by Crippen LogP contribution is 2.18. The molecule has 6 heteroatoms. The molecular formula is C17H18N2O4. The highest BCUT2D eigenvalue weighted by atomic mass is 16.6. The molecule has 0 saturated heterocycles. The Morgan fingerprint density at radius 1 is 1.22 bits per heavy atom. The molecule has 120 valence electrons. The van der Waals surface area contributed by atoms with Gasteiger partial charge in [0, 0.05) is 24.2 Å². The van der Waals surface area contributed by atoms with Crippen molar-refractivity contribution in [2.24, 2.45) is 0 Å². The van der Waals surface area contributed by atoms with Crippen molar-refractivity contribution in [1.29, 1.82) is 0 Å². The summed E-state index contributed by atoms with van der Waals surface area (Å²) in [5.41, 5.74) is 1.28. The number of aryl methyl sites for hydroxylation is 1. The summed E-state index contributed by atoms with van der Waals surface area (Å²) in [5.74, 6) is 0.520. The molecule has 23 heavy (non-hydrogen) atoms. The van der Waals surface area contributed by atoms with Crippen molar-refractivity contribution in [3.05, 3.63) is 69.8 Å². The summed E-state index contributed by atoms with van der Waals surface area (Å²) in [6, 6.07) is 13.4. The number of benzene rings is 2. The van der Waals surface area contributed by atoms with Crippen LogP contribution in [0.4, 0.5) is 5.69 Å². The van der Waals surface area contributed by atoms with Crippen molar-refractivity contribution in [3.8, 4) is 5.75 Å². The van der Waals surface area contributed by atoms with E-state index in [9.17, 15) is 14.9 Å². The zero-order valence-corrected chi connectivity index (χ0v) is 12.8. The Morgan fingerprint density at radius 2 is 2.00 bits per heavy atom. The van der Waals surface area contributed by atoms with Crippen molar-refractivity contribution < 1.29 is 14.5 Å². The number of hydrogen-bond donors (Lipinski definition) is 1. The molecule has 0 spiro atoms. The van der Waals surface area contributed by atoms with Crippen LogP contribution < -0.4 is 10.1 Å². The maximum Gasteiger partial charge on any atom is 0.270 e. The van der Waals surface area contributed by atoms with Gasteiger partial charge in [-0.05, 0) is 30.5 Å². The molecule has 0 aliphatic rings. The molecule has 2 aromatic carbocycles. The lowest BCUT2D eigenvalue weighted by atomic mass is 10.1. The largest absolute Gasteiger partial charge is 0.496 e. The first-order valence-corrected chi connectivity index (χ1v) is 7.26. The Morgan fingerprint density at radius 3 is 2.74 bits per heavy atom. The predicted octanol–water partition coefficient (Wildman–Crippen LogP) is 2.97. The highest BCUT2D eigenvalue weighted by molar-refractivity contribution is 5.94. The number of carbonyl (C=O) groups is 1. The van der Waals surface area contributed by atoms with Crippen molar-refractivity contribution >= 4 is 11.6 Å². The topological polar surface area (TPSA) is 81.5 Å². The number of nitrogens with zero attached hydrogens (tertiary/aromatic N) is 1. The molecule has 0 atom stereocenters. The molecule has 0 fully saturated rings. The Labute approximate surface area is 134 Å². The lowest BCUT2D eigenvalue weighted by Gasteiger charge is -2.08. The van der Waals surface area contributed by atoms with Crippen molar-refractivity contribution in [1.82, 2.24) is 5.32 Å². The molecular weight excluding hydrogens is 296 g/mol. The van der Waals surface area contributed by atoms with Gasteiger partial charge in [0.15, 0.2) is 0 Å². The van der Waals surface area contributed by atoms with E-state index in [-0.39, 0.29) is 17.2 Å². The van der Waals surface area contributed by atoms with Crippen molar-refractivity contribution in [2.75, 3.05) is 13.7 Å². The molecule has 6 nitrogen and oxygen atoms in total. The number of non-ortho nitro benzene ring substituents is 1. The van der Waals surface area contributed by atoms with Gasteiger partial charge < -0.3 is 10.1 Å². The van der Waals surface area contributed by atoms with Crippen LogP contribution in [0.5, 0.6) is 5.75 Å². The van der Waals surface area contributed by atoms with Gasteiger partial charge in [0.05, 0.1) is 12.0 Å². The average molecular weight is 314 g/mol. The van der Waals surface area contributed by atoms with Gasteiger partial charge in [-0.3, -0.25) is 14.9 Å². The number of nitrogens with one attached hydrogen (secondary N) is 1. The van der Waals surface area contributed by atoms with E-state index in [0.29, 0.717) is 6.54 Å². The Hall–Kier alpha value is -2.89. The predicted molar refractivity (Wildman–Crippen MR) is 86.7 cm³/mol. The van der Waals surface area contributed by atoms with Gasteiger partial charge in [-0.25, -0.2) is 0 Å². The summed E-state index contributed by atoms with van der Waals surface area (Å²) in [4.78, 5) is 22.2. The van der Waals surface area contributed by atoms with E-state index in [1.165, 1.54) is 18.2 Å². The number of carbonyl (C=O) groups excluding carboxylic acids is 1. The molecule has 0 unspecified atom stereocenters. The van der Waals surface area contributed by atoms with Crippen LogP contribution >= 0.6 is 0 Å². The summed E-state index contributed by atoms with van der Waals surface area (Å²) in [6.45, 7) is 0.486. The van der Waals surface area contributed by atoms with Crippen LogP contribution in [0, 0.1) is 10.1 Å². The standard InChI is InChI=1S/C17H18N2O4/c1-23-16-10-3-2-6-13(16)8-5-11-18-17(20)14-7-4-9-15(12-14)19(21)22/h2-4,6-7,9-10,12H,5,8,11H2,1H3,(H,18,20). The molecule has 0 radical (unpaired) electrons. The number of hydrogen-bond acceptors (Lipinski definition) is 4. The van der Waals surface area contributed by atoms with E-state index < -0.39 is 4.92 Å². The van der Waals surface area contributed by atoms with Gasteiger partial charge in [-0.15, -0.1) is 0 Å². The first kappa shape index (κ1) is 16.5. The Bertz CT molecular complexity index is 700. The summed E-state index contributed by atoms with van der Waals surface area (Å²) in [7, 11) is 1.63. The van der Waals surface area contributed by atoms with Gasteiger partial charge in [-0.2, -0.15) is 0 Å². The van der Waals surface area contributed by atoms with E-state index in [4.69, 9.17) is 4.74 Å². The Balaban J connectivity index is 1.85. The van der Waals surface area contributed by atoms with Crippen LogP contribution in [-0.4, -0.2) is 24.5 Å². The number of amides is 1.